The van der Waals surface area contributed by atoms with Crippen LogP contribution in [-0.4, -0.2) is 39.4 Å². The summed E-state index contributed by atoms with van der Waals surface area (Å²) in [5.41, 5.74) is 18.6. The second-order valence-corrected chi connectivity index (χ2v) is 18.3. The molecule has 0 saturated heterocycles. The van der Waals surface area contributed by atoms with Crippen molar-refractivity contribution in [1.82, 2.24) is 19.9 Å². The van der Waals surface area contributed by atoms with E-state index in [9.17, 15) is 0 Å². The Bertz CT molecular complexity index is 3440. The minimum Gasteiger partial charge on any atom is -0.259 e. The monoisotopic (exact) mass is 872 g/mol. The largest absolute Gasteiger partial charge is 0.338 e. The molecule has 0 saturated carbocycles. The van der Waals surface area contributed by atoms with Gasteiger partial charge < -0.3 is 0 Å². The SMILES string of the molecule is Cc1cccc(C)c1B1c2ccc3ccc4c5c3c2N(C(=O)N5c2c(nc(-c3ccccc3)nc2-c2ccccc2)B4c2c(C)cccc2C)c2c1nc(-c1ccccc1)nc2-c1ccccc1. The number of carbonyl (C=O) groups excluding carboxylic acids is 1. The maximum Gasteiger partial charge on any atom is 0.338 e. The van der Waals surface area contributed by atoms with Crippen molar-refractivity contribution in [3.8, 4) is 45.3 Å². The molecule has 9 heteroatoms. The number of amides is 2. The van der Waals surface area contributed by atoms with E-state index in [2.05, 4.69) is 137 Å². The Balaban J connectivity index is 1.21. The van der Waals surface area contributed by atoms with Crippen LogP contribution in [0, 0.1) is 27.7 Å². The molecule has 0 fully saturated rings. The number of rotatable bonds is 6. The number of aryl methyl sites for hydroxylation is 4. The highest BCUT2D eigenvalue weighted by Gasteiger charge is 2.52. The summed E-state index contributed by atoms with van der Waals surface area (Å²) in [6.07, 6.45) is 0. The van der Waals surface area contributed by atoms with E-state index in [0.29, 0.717) is 34.4 Å². The Hall–Kier alpha value is -8.42. The first-order valence-electron chi connectivity index (χ1n) is 23.3. The molecule has 10 aromatic rings. The van der Waals surface area contributed by atoms with E-state index in [4.69, 9.17) is 19.9 Å². The van der Waals surface area contributed by atoms with E-state index >= 15 is 4.79 Å². The summed E-state index contributed by atoms with van der Waals surface area (Å²) in [6, 6.07) is 62.5. The van der Waals surface area contributed by atoms with Crippen molar-refractivity contribution in [2.75, 3.05) is 9.80 Å². The summed E-state index contributed by atoms with van der Waals surface area (Å²) in [6.45, 7) is 8.10. The predicted molar refractivity (Wildman–Crippen MR) is 281 cm³/mol. The number of hydrogen-bond acceptors (Lipinski definition) is 5. The van der Waals surface area contributed by atoms with Crippen molar-refractivity contribution in [1.29, 1.82) is 0 Å². The highest BCUT2D eigenvalue weighted by molar-refractivity contribution is 7.00. The lowest BCUT2D eigenvalue weighted by molar-refractivity contribution is 0.255. The zero-order valence-corrected chi connectivity index (χ0v) is 38.1. The zero-order chi connectivity index (χ0) is 45.8. The topological polar surface area (TPSA) is 75.1 Å². The van der Waals surface area contributed by atoms with Gasteiger partial charge in [0.1, 0.15) is 0 Å². The van der Waals surface area contributed by atoms with Crippen LogP contribution in [-0.2, 0) is 0 Å². The van der Waals surface area contributed by atoms with Gasteiger partial charge in [0.25, 0.3) is 13.4 Å². The molecule has 5 heterocycles. The first-order valence-corrected chi connectivity index (χ1v) is 23.3. The van der Waals surface area contributed by atoms with Gasteiger partial charge in [-0.05, 0) is 44.0 Å². The predicted octanol–water partition coefficient (Wildman–Crippen LogP) is 9.39. The average Bonchev–Trinajstić information content (AvgIpc) is 3.38. The van der Waals surface area contributed by atoms with Crippen molar-refractivity contribution in [2.45, 2.75) is 27.7 Å². The van der Waals surface area contributed by atoms with Crippen LogP contribution >= 0.6 is 0 Å². The maximum atomic E-state index is 16.9. The second kappa shape index (κ2) is 15.3. The van der Waals surface area contributed by atoms with Crippen LogP contribution in [0.1, 0.15) is 22.3 Å². The number of aromatic nitrogens is 4. The molecule has 0 aliphatic carbocycles. The van der Waals surface area contributed by atoms with Gasteiger partial charge in [-0.1, -0.05) is 215 Å². The molecule has 8 aromatic carbocycles. The molecule has 7 nitrogen and oxygen atoms in total. The minimum absolute atomic E-state index is 0.234. The van der Waals surface area contributed by atoms with E-state index in [1.54, 1.807) is 0 Å². The van der Waals surface area contributed by atoms with Crippen molar-refractivity contribution in [3.63, 3.8) is 0 Å². The highest BCUT2D eigenvalue weighted by atomic mass is 16.2. The number of hydrogen-bond donors (Lipinski definition) is 0. The molecule has 320 valence electrons. The Morgan fingerprint density at radius 3 is 1.09 bits per heavy atom. The second-order valence-electron chi connectivity index (χ2n) is 18.3. The van der Waals surface area contributed by atoms with Gasteiger partial charge in [0.15, 0.2) is 11.6 Å². The number of nitrogens with zero attached hydrogens (tertiary/aromatic N) is 6. The molecule has 3 aliphatic heterocycles. The quantitative estimate of drug-likeness (QED) is 0.156. The molecule has 13 rings (SSSR count). The minimum atomic E-state index is -0.327. The van der Waals surface area contributed by atoms with Crippen molar-refractivity contribution >= 4 is 86.0 Å². The lowest BCUT2D eigenvalue weighted by atomic mass is 9.34. The fraction of sp³-hybridized carbons (Fsp3) is 0.0678. The van der Waals surface area contributed by atoms with Crippen LogP contribution in [0.2, 0.25) is 0 Å². The van der Waals surface area contributed by atoms with Gasteiger partial charge in [-0.2, -0.15) is 0 Å². The van der Waals surface area contributed by atoms with Gasteiger partial charge >= 0.3 is 6.03 Å². The first-order chi connectivity index (χ1) is 33.4. The van der Waals surface area contributed by atoms with Gasteiger partial charge in [-0.25, -0.2) is 24.7 Å². The number of anilines is 4. The summed E-state index contributed by atoms with van der Waals surface area (Å²) in [4.78, 5) is 42.9. The van der Waals surface area contributed by atoms with Crippen LogP contribution in [0.25, 0.3) is 56.1 Å². The van der Waals surface area contributed by atoms with Gasteiger partial charge in [-0.15, -0.1) is 0 Å². The van der Waals surface area contributed by atoms with Gasteiger partial charge in [-0.3, -0.25) is 9.80 Å². The van der Waals surface area contributed by atoms with Crippen molar-refractivity contribution in [2.24, 2.45) is 0 Å². The fourth-order valence-electron chi connectivity index (χ4n) is 11.3. The van der Waals surface area contributed by atoms with Crippen LogP contribution in [0.5, 0.6) is 0 Å². The number of benzene rings is 8. The van der Waals surface area contributed by atoms with E-state index in [-0.39, 0.29) is 19.5 Å². The lowest BCUT2D eigenvalue weighted by Crippen LogP contribution is -2.66. The van der Waals surface area contributed by atoms with Crippen molar-refractivity contribution < 1.29 is 4.79 Å². The van der Waals surface area contributed by atoms with Crippen LogP contribution < -0.4 is 42.8 Å². The lowest BCUT2D eigenvalue weighted by Gasteiger charge is -2.46. The van der Waals surface area contributed by atoms with Crippen LogP contribution in [0.15, 0.2) is 182 Å². The molecule has 0 spiro atoms. The molecule has 2 aromatic heterocycles. The third-order valence-electron chi connectivity index (χ3n) is 14.3. The Morgan fingerprint density at radius 2 is 0.721 bits per heavy atom. The Labute approximate surface area is 396 Å². The molecular weight excluding hydrogens is 830 g/mol. The smallest absolute Gasteiger partial charge is 0.259 e. The molecule has 0 atom stereocenters. The molecule has 2 amide bonds. The van der Waals surface area contributed by atoms with Gasteiger partial charge in [0, 0.05) is 38.8 Å². The molecule has 0 radical (unpaired) electrons. The summed E-state index contributed by atoms with van der Waals surface area (Å²) in [5.74, 6) is 1.20. The average molecular weight is 873 g/mol. The molecule has 0 unspecified atom stereocenters. The van der Waals surface area contributed by atoms with Gasteiger partial charge in [0.05, 0.1) is 34.1 Å². The summed E-state index contributed by atoms with van der Waals surface area (Å²) in [5, 5.41) is 2.03. The number of carbonyl (C=O) groups is 1. The van der Waals surface area contributed by atoms with Crippen LogP contribution in [0.3, 0.4) is 0 Å². The molecule has 3 aliphatic rings. The molecule has 0 bridgehead atoms. The summed E-state index contributed by atoms with van der Waals surface area (Å²) >= 11 is 0. The van der Waals surface area contributed by atoms with E-state index in [0.717, 1.165) is 88.8 Å². The Kier molecular flexibility index (Phi) is 8.99. The zero-order valence-electron chi connectivity index (χ0n) is 38.1. The van der Waals surface area contributed by atoms with E-state index in [1.807, 2.05) is 82.6 Å². The van der Waals surface area contributed by atoms with E-state index in [1.165, 1.54) is 10.9 Å². The molecule has 0 N–H and O–H groups in total. The normalized spacial score (nSPS) is 13.2. The Morgan fingerprint density at radius 1 is 0.368 bits per heavy atom. The number of fused-ring (bicyclic) bond motifs is 4. The molecule has 68 heavy (non-hydrogen) atoms. The highest BCUT2D eigenvalue weighted by Crippen LogP contribution is 2.50. The fourth-order valence-corrected chi connectivity index (χ4v) is 11.3. The number of urea groups is 1. The molecular formula is C59H42B2N6O. The third kappa shape index (κ3) is 5.85. The van der Waals surface area contributed by atoms with Crippen molar-refractivity contribution in [3.05, 3.63) is 204 Å². The standard InChI is InChI=1S/C59H42B2N6O/c1-35-19-17-20-36(2)47(35)60-44-33-31-39-32-34-45-52-46(39)51(44)66(53-49(40-23-9-5-10-24-40)62-57(64-55(53)60)42-27-13-7-14-28-42)59(68)67(52)54-50(41-25-11-6-12-26-41)63-58(43-29-15-8-16-30-43)65-56(54)61(45)48-37(3)21-18-22-38(48)4/h5-34H,1-4H3. The van der Waals surface area contributed by atoms with Crippen LogP contribution in [0.4, 0.5) is 27.5 Å². The summed E-state index contributed by atoms with van der Waals surface area (Å²) in [7, 11) is 0. The maximum absolute atomic E-state index is 16.9. The summed E-state index contributed by atoms with van der Waals surface area (Å²) < 4.78 is 0. The first kappa shape index (κ1) is 39.9. The van der Waals surface area contributed by atoms with E-state index < -0.39 is 0 Å². The van der Waals surface area contributed by atoms with Gasteiger partial charge in [0.2, 0.25) is 0 Å². The third-order valence-corrected chi connectivity index (χ3v) is 14.3.